The average molecular weight is 704 g/mol. The van der Waals surface area contributed by atoms with Crippen molar-refractivity contribution in [2.75, 3.05) is 0 Å². The van der Waals surface area contributed by atoms with Gasteiger partial charge in [-0.05, 0) is 110 Å². The van der Waals surface area contributed by atoms with Gasteiger partial charge in [0.15, 0.2) is 0 Å². The van der Waals surface area contributed by atoms with Gasteiger partial charge in [0.25, 0.3) is 0 Å². The van der Waals surface area contributed by atoms with Crippen LogP contribution < -0.4 is 0 Å². The molecule has 0 bridgehead atoms. The van der Waals surface area contributed by atoms with Gasteiger partial charge in [-0.3, -0.25) is 0 Å². The Morgan fingerprint density at radius 1 is 0.296 bits per heavy atom. The predicted molar refractivity (Wildman–Crippen MR) is 233 cm³/mol. The van der Waals surface area contributed by atoms with E-state index in [1.165, 1.54) is 103 Å². The molecule has 0 aliphatic rings. The van der Waals surface area contributed by atoms with Gasteiger partial charge in [0.05, 0.1) is 11.0 Å². The first-order valence-corrected chi connectivity index (χ1v) is 19.3. The number of thiophene rings is 1. The van der Waals surface area contributed by atoms with E-state index < -0.39 is 0 Å². The van der Waals surface area contributed by atoms with E-state index in [2.05, 4.69) is 205 Å². The molecule has 9 aromatic carbocycles. The lowest BCUT2D eigenvalue weighted by molar-refractivity contribution is 1.18. The topological polar surface area (TPSA) is 4.93 Å². The quantitative estimate of drug-likeness (QED) is 0.168. The maximum absolute atomic E-state index is 2.39. The Balaban J connectivity index is 0.950. The monoisotopic (exact) mass is 703 g/mol. The zero-order valence-electron chi connectivity index (χ0n) is 29.4. The van der Waals surface area contributed by atoms with Crippen LogP contribution in [0.5, 0.6) is 0 Å². The molecule has 0 saturated heterocycles. The van der Waals surface area contributed by atoms with Crippen LogP contribution in [0.4, 0.5) is 0 Å². The molecule has 0 amide bonds. The molecule has 252 valence electrons. The first-order chi connectivity index (χ1) is 26.8. The van der Waals surface area contributed by atoms with Gasteiger partial charge in [-0.1, -0.05) is 146 Å². The number of nitrogens with zero attached hydrogens (tertiary/aromatic N) is 1. The fraction of sp³-hybridized carbons (Fsp3) is 0. The minimum absolute atomic E-state index is 1.18. The van der Waals surface area contributed by atoms with Gasteiger partial charge in [-0.25, -0.2) is 0 Å². The third-order valence-electron chi connectivity index (χ3n) is 11.0. The van der Waals surface area contributed by atoms with Gasteiger partial charge in [0.1, 0.15) is 0 Å². The second-order valence-corrected chi connectivity index (χ2v) is 15.2. The summed E-state index contributed by atoms with van der Waals surface area (Å²) in [6.45, 7) is 0. The van der Waals surface area contributed by atoms with E-state index in [9.17, 15) is 0 Å². The van der Waals surface area contributed by atoms with Gasteiger partial charge in [0, 0.05) is 36.6 Å². The van der Waals surface area contributed by atoms with Gasteiger partial charge >= 0.3 is 0 Å². The average Bonchev–Trinajstić information content (AvgIpc) is 3.79. The van der Waals surface area contributed by atoms with E-state index in [0.717, 1.165) is 0 Å². The molecular formula is C52H33NS. The van der Waals surface area contributed by atoms with Crippen LogP contribution in [0.25, 0.3) is 103 Å². The molecule has 11 aromatic rings. The van der Waals surface area contributed by atoms with Crippen LogP contribution in [0.1, 0.15) is 0 Å². The van der Waals surface area contributed by atoms with Crippen molar-refractivity contribution in [2.45, 2.75) is 0 Å². The summed E-state index contributed by atoms with van der Waals surface area (Å²) >= 11 is 1.89. The summed E-state index contributed by atoms with van der Waals surface area (Å²) in [5.74, 6) is 0. The molecule has 0 N–H and O–H groups in total. The van der Waals surface area contributed by atoms with Crippen molar-refractivity contribution < 1.29 is 0 Å². The number of rotatable bonds is 5. The molecule has 11 rings (SSSR count). The van der Waals surface area contributed by atoms with E-state index in [-0.39, 0.29) is 0 Å². The molecule has 0 saturated carbocycles. The van der Waals surface area contributed by atoms with Crippen LogP contribution in [0.15, 0.2) is 200 Å². The molecular weight excluding hydrogens is 671 g/mol. The highest BCUT2D eigenvalue weighted by Crippen LogP contribution is 2.44. The molecule has 2 heterocycles. The minimum Gasteiger partial charge on any atom is -0.309 e. The number of hydrogen-bond donors (Lipinski definition) is 0. The van der Waals surface area contributed by atoms with Gasteiger partial charge < -0.3 is 4.57 Å². The van der Waals surface area contributed by atoms with Crippen LogP contribution in [0.2, 0.25) is 0 Å². The van der Waals surface area contributed by atoms with Crippen LogP contribution in [-0.4, -0.2) is 4.57 Å². The Kier molecular flexibility index (Phi) is 7.11. The largest absolute Gasteiger partial charge is 0.309 e. The summed E-state index contributed by atoms with van der Waals surface area (Å²) in [7, 11) is 0. The number of para-hydroxylation sites is 2. The van der Waals surface area contributed by atoms with Crippen LogP contribution >= 0.6 is 11.3 Å². The SMILES string of the molecule is c1ccc(-c2cc3sc4ccc(-c5ccc(-c6cccc(-c7ccc8c(c7)c7ccccc7n8-c7ccccc7)c6)cc5)cc4c3c3ccccc23)cc1. The number of benzene rings is 9. The lowest BCUT2D eigenvalue weighted by Crippen LogP contribution is -1.92. The van der Waals surface area contributed by atoms with Crippen LogP contribution in [0, 0.1) is 0 Å². The zero-order chi connectivity index (χ0) is 35.6. The number of fused-ring (bicyclic) bond motifs is 8. The minimum atomic E-state index is 1.18. The lowest BCUT2D eigenvalue weighted by atomic mass is 9.94. The fourth-order valence-corrected chi connectivity index (χ4v) is 9.56. The standard InChI is InChI=1S/C52H33NS/c1-3-12-36(13-4-1)45-33-51-52(44-20-8-7-18-42(44)45)47-32-39(27-29-50(47)54-51)35-24-22-34(23-25-35)37-14-11-15-38(30-37)40-26-28-49-46(31-40)43-19-9-10-21-48(43)53(49)41-16-5-2-6-17-41/h1-33H. The molecule has 1 nitrogen and oxygen atoms in total. The summed E-state index contributed by atoms with van der Waals surface area (Å²) in [5, 5.41) is 7.82. The lowest BCUT2D eigenvalue weighted by Gasteiger charge is -2.10. The van der Waals surface area contributed by atoms with Crippen molar-refractivity contribution in [1.29, 1.82) is 0 Å². The molecule has 0 aliphatic heterocycles. The van der Waals surface area contributed by atoms with Crippen molar-refractivity contribution in [2.24, 2.45) is 0 Å². The first kappa shape index (κ1) is 30.8. The predicted octanol–water partition coefficient (Wildman–Crippen LogP) is 15.0. The summed E-state index contributed by atoms with van der Waals surface area (Å²) in [5.41, 5.74) is 13.5. The molecule has 2 aromatic heterocycles. The molecule has 0 spiro atoms. The van der Waals surface area contributed by atoms with E-state index in [1.54, 1.807) is 0 Å². The molecule has 0 aliphatic carbocycles. The van der Waals surface area contributed by atoms with Crippen molar-refractivity contribution in [1.82, 2.24) is 4.57 Å². The Morgan fingerprint density at radius 2 is 0.833 bits per heavy atom. The highest BCUT2D eigenvalue weighted by molar-refractivity contribution is 7.26. The summed E-state index contributed by atoms with van der Waals surface area (Å²) in [6.07, 6.45) is 0. The molecule has 0 unspecified atom stereocenters. The van der Waals surface area contributed by atoms with Crippen molar-refractivity contribution in [3.8, 4) is 50.2 Å². The molecule has 0 radical (unpaired) electrons. The molecule has 2 heteroatoms. The summed E-state index contributed by atoms with van der Waals surface area (Å²) in [4.78, 5) is 0. The van der Waals surface area contributed by atoms with Gasteiger partial charge in [0.2, 0.25) is 0 Å². The van der Waals surface area contributed by atoms with Crippen LogP contribution in [-0.2, 0) is 0 Å². The van der Waals surface area contributed by atoms with E-state index in [4.69, 9.17) is 0 Å². The van der Waals surface area contributed by atoms with Crippen molar-refractivity contribution >= 4 is 64.1 Å². The number of aromatic nitrogens is 1. The maximum atomic E-state index is 2.39. The van der Waals surface area contributed by atoms with E-state index in [1.807, 2.05) is 11.3 Å². The second kappa shape index (κ2) is 12.4. The van der Waals surface area contributed by atoms with Crippen LogP contribution in [0.3, 0.4) is 0 Å². The zero-order valence-corrected chi connectivity index (χ0v) is 30.2. The van der Waals surface area contributed by atoms with E-state index >= 15 is 0 Å². The highest BCUT2D eigenvalue weighted by Gasteiger charge is 2.16. The molecule has 0 atom stereocenters. The van der Waals surface area contributed by atoms with Gasteiger partial charge in [-0.2, -0.15) is 0 Å². The summed E-state index contributed by atoms with van der Waals surface area (Å²) < 4.78 is 5.02. The highest BCUT2D eigenvalue weighted by atomic mass is 32.1. The fourth-order valence-electron chi connectivity index (χ4n) is 8.42. The van der Waals surface area contributed by atoms with Crippen molar-refractivity contribution in [3.05, 3.63) is 200 Å². The number of hydrogen-bond acceptors (Lipinski definition) is 1. The Labute approximate surface area is 317 Å². The molecule has 0 fully saturated rings. The normalized spacial score (nSPS) is 11.7. The smallest absolute Gasteiger partial charge is 0.0541 e. The van der Waals surface area contributed by atoms with Crippen molar-refractivity contribution in [3.63, 3.8) is 0 Å². The first-order valence-electron chi connectivity index (χ1n) is 18.5. The van der Waals surface area contributed by atoms with E-state index in [0.29, 0.717) is 0 Å². The third kappa shape index (κ3) is 4.99. The van der Waals surface area contributed by atoms with Gasteiger partial charge in [-0.15, -0.1) is 11.3 Å². The maximum Gasteiger partial charge on any atom is 0.0541 e. The Hall–Kier alpha value is -6.74. The third-order valence-corrected chi connectivity index (χ3v) is 12.1. The summed E-state index contributed by atoms with van der Waals surface area (Å²) in [6, 6.07) is 73.3. The Morgan fingerprint density at radius 3 is 1.61 bits per heavy atom. The molecule has 54 heavy (non-hydrogen) atoms. The second-order valence-electron chi connectivity index (χ2n) is 14.1. The Bertz CT molecular complexity index is 3190.